The maximum Gasteiger partial charge on any atom is 0.247 e. The van der Waals surface area contributed by atoms with Crippen molar-refractivity contribution in [2.45, 2.75) is 45.4 Å². The summed E-state index contributed by atoms with van der Waals surface area (Å²) in [5.74, 6) is -0.399. The maximum absolute atomic E-state index is 13.7. The molecule has 0 fully saturated rings. The van der Waals surface area contributed by atoms with Gasteiger partial charge >= 0.3 is 0 Å². The summed E-state index contributed by atoms with van der Waals surface area (Å²) in [5.41, 5.74) is 2.44. The van der Waals surface area contributed by atoms with Crippen LogP contribution in [0.25, 0.3) is 0 Å². The third-order valence-electron chi connectivity index (χ3n) is 5.60. The van der Waals surface area contributed by atoms with Crippen LogP contribution in [0.1, 0.15) is 43.0 Å². The first-order valence-corrected chi connectivity index (χ1v) is 12.8. The predicted molar refractivity (Wildman–Crippen MR) is 145 cm³/mol. The molecule has 0 aliphatic rings. The molecule has 3 aromatic carbocycles. The fraction of sp³-hybridized carbons (Fsp3) is 0.310. The second-order valence-corrected chi connectivity index (χ2v) is 9.70. The monoisotopic (exact) mass is 526 g/mol. The molecule has 0 spiro atoms. The summed E-state index contributed by atoms with van der Waals surface area (Å²) in [5, 5.41) is 4.22. The van der Waals surface area contributed by atoms with E-state index in [0.29, 0.717) is 29.6 Å². The zero-order chi connectivity index (χ0) is 25.9. The molecule has 190 valence electrons. The van der Waals surface area contributed by atoms with Crippen molar-refractivity contribution in [1.29, 1.82) is 0 Å². The maximum atomic E-state index is 13.7. The van der Waals surface area contributed by atoms with Gasteiger partial charge in [-0.25, -0.2) is 0 Å². The van der Waals surface area contributed by atoms with Crippen LogP contribution in [0.3, 0.4) is 0 Å². The van der Waals surface area contributed by atoms with Crippen molar-refractivity contribution in [3.05, 3.63) is 106 Å². The van der Waals surface area contributed by atoms with E-state index in [1.165, 1.54) is 0 Å². The van der Waals surface area contributed by atoms with Gasteiger partial charge in [0.05, 0.1) is 12.5 Å². The molecular weight excluding hydrogens is 495 g/mol. The molecule has 3 aromatic rings. The van der Waals surface area contributed by atoms with Crippen LogP contribution in [0.15, 0.2) is 78.9 Å². The molecule has 36 heavy (non-hydrogen) atoms. The Labute approximate surface area is 223 Å². The van der Waals surface area contributed by atoms with Crippen molar-refractivity contribution in [3.8, 4) is 0 Å². The number of nitrogens with zero attached hydrogens (tertiary/aromatic N) is 1. The van der Waals surface area contributed by atoms with Gasteiger partial charge < -0.3 is 15.0 Å². The van der Waals surface area contributed by atoms with E-state index in [0.717, 1.165) is 16.7 Å². The fourth-order valence-corrected chi connectivity index (χ4v) is 4.05. The topological polar surface area (TPSA) is 58.6 Å². The average Bonchev–Trinajstić information content (AvgIpc) is 2.86. The van der Waals surface area contributed by atoms with E-state index in [9.17, 15) is 9.59 Å². The first-order valence-electron chi connectivity index (χ1n) is 12.1. The van der Waals surface area contributed by atoms with Gasteiger partial charge in [0, 0.05) is 29.7 Å². The van der Waals surface area contributed by atoms with E-state index < -0.39 is 6.04 Å². The van der Waals surface area contributed by atoms with Crippen molar-refractivity contribution in [2.75, 3.05) is 13.2 Å². The van der Waals surface area contributed by atoms with E-state index in [4.69, 9.17) is 27.9 Å². The zero-order valence-electron chi connectivity index (χ0n) is 20.6. The van der Waals surface area contributed by atoms with Gasteiger partial charge in [-0.1, -0.05) is 77.8 Å². The summed E-state index contributed by atoms with van der Waals surface area (Å²) in [4.78, 5) is 28.9. The highest BCUT2D eigenvalue weighted by Crippen LogP contribution is 2.25. The van der Waals surface area contributed by atoms with Gasteiger partial charge in [0.2, 0.25) is 11.8 Å². The summed E-state index contributed by atoms with van der Waals surface area (Å²) in [6.07, 6.45) is 0.961. The third kappa shape index (κ3) is 8.66. The van der Waals surface area contributed by atoms with Crippen LogP contribution in [-0.2, 0) is 27.3 Å². The molecule has 5 nitrogen and oxygen atoms in total. The van der Waals surface area contributed by atoms with Crippen molar-refractivity contribution >= 4 is 35.0 Å². The molecule has 1 atom stereocenters. The molecule has 0 saturated heterocycles. The van der Waals surface area contributed by atoms with Crippen LogP contribution >= 0.6 is 23.2 Å². The van der Waals surface area contributed by atoms with Crippen LogP contribution in [0, 0.1) is 0 Å². The standard InChI is InChI=1S/C29H32Cl2N2O3/c1-21(2)36-18-6-17-32-29(35)28(24-7-4-3-5-8-24)33(20-23-11-15-26(31)16-12-23)27(34)19-22-9-13-25(30)14-10-22/h3-5,7-16,21,28H,6,17-20H2,1-2H3,(H,32,35). The Morgan fingerprint density at radius 2 is 1.44 bits per heavy atom. The van der Waals surface area contributed by atoms with Crippen molar-refractivity contribution in [2.24, 2.45) is 0 Å². The van der Waals surface area contributed by atoms with E-state index in [-0.39, 0.29) is 30.9 Å². The molecule has 0 aromatic heterocycles. The highest BCUT2D eigenvalue weighted by Gasteiger charge is 2.31. The molecule has 1 unspecified atom stereocenters. The molecule has 0 aliphatic carbocycles. The van der Waals surface area contributed by atoms with Crippen LogP contribution in [0.5, 0.6) is 0 Å². The minimum atomic E-state index is -0.798. The molecule has 0 radical (unpaired) electrons. The largest absolute Gasteiger partial charge is 0.379 e. The number of rotatable bonds is 12. The van der Waals surface area contributed by atoms with E-state index in [2.05, 4.69) is 5.32 Å². The van der Waals surface area contributed by atoms with Crippen molar-refractivity contribution in [1.82, 2.24) is 10.2 Å². The molecule has 0 heterocycles. The summed E-state index contributed by atoms with van der Waals surface area (Å²) >= 11 is 12.1. The third-order valence-corrected chi connectivity index (χ3v) is 6.11. The molecule has 3 rings (SSSR count). The summed E-state index contributed by atoms with van der Waals surface area (Å²) in [6.45, 7) is 5.22. The minimum Gasteiger partial charge on any atom is -0.379 e. The fourth-order valence-electron chi connectivity index (χ4n) is 3.80. The Morgan fingerprint density at radius 1 is 0.861 bits per heavy atom. The lowest BCUT2D eigenvalue weighted by molar-refractivity contribution is -0.141. The highest BCUT2D eigenvalue weighted by molar-refractivity contribution is 6.30. The molecule has 7 heteroatoms. The van der Waals surface area contributed by atoms with Crippen LogP contribution in [0.4, 0.5) is 0 Å². The Balaban J connectivity index is 1.88. The molecular formula is C29H32Cl2N2O3. The highest BCUT2D eigenvalue weighted by atomic mass is 35.5. The quantitative estimate of drug-likeness (QED) is 0.284. The predicted octanol–water partition coefficient (Wildman–Crippen LogP) is 6.24. The lowest BCUT2D eigenvalue weighted by Gasteiger charge is -2.32. The Hall–Kier alpha value is -2.86. The number of halogens is 2. The second kappa shape index (κ2) is 14.0. The summed E-state index contributed by atoms with van der Waals surface area (Å²) < 4.78 is 5.58. The Bertz CT molecular complexity index is 1100. The smallest absolute Gasteiger partial charge is 0.247 e. The number of ether oxygens (including phenoxy) is 1. The van der Waals surface area contributed by atoms with Gasteiger partial charge in [0.25, 0.3) is 0 Å². The van der Waals surface area contributed by atoms with Gasteiger partial charge in [-0.05, 0) is 61.2 Å². The summed E-state index contributed by atoms with van der Waals surface area (Å²) in [6, 6.07) is 23.1. The number of carbonyl (C=O) groups is 2. The van der Waals surface area contributed by atoms with Crippen LogP contribution in [-0.4, -0.2) is 36.0 Å². The summed E-state index contributed by atoms with van der Waals surface area (Å²) in [7, 11) is 0. The number of hydrogen-bond acceptors (Lipinski definition) is 3. The number of nitrogens with one attached hydrogen (secondary N) is 1. The van der Waals surface area contributed by atoms with Gasteiger partial charge in [0.15, 0.2) is 0 Å². The van der Waals surface area contributed by atoms with Crippen molar-refractivity contribution < 1.29 is 14.3 Å². The minimum absolute atomic E-state index is 0.137. The lowest BCUT2D eigenvalue weighted by Crippen LogP contribution is -2.44. The molecule has 0 saturated carbocycles. The first kappa shape index (κ1) is 27.7. The number of hydrogen-bond donors (Lipinski definition) is 1. The van der Waals surface area contributed by atoms with Crippen molar-refractivity contribution in [3.63, 3.8) is 0 Å². The Kier molecular flexibility index (Phi) is 10.8. The second-order valence-electron chi connectivity index (χ2n) is 8.83. The van der Waals surface area contributed by atoms with E-state index >= 15 is 0 Å². The molecule has 2 amide bonds. The first-order chi connectivity index (χ1) is 17.3. The SMILES string of the molecule is CC(C)OCCCNC(=O)C(c1ccccc1)N(Cc1ccc(Cl)cc1)C(=O)Cc1ccc(Cl)cc1. The normalized spacial score (nSPS) is 11.8. The molecule has 0 bridgehead atoms. The lowest BCUT2D eigenvalue weighted by atomic mass is 10.0. The number of amides is 2. The number of benzene rings is 3. The van der Waals surface area contributed by atoms with Crippen LogP contribution in [0.2, 0.25) is 10.0 Å². The van der Waals surface area contributed by atoms with Gasteiger partial charge in [-0.3, -0.25) is 9.59 Å². The van der Waals surface area contributed by atoms with Gasteiger partial charge in [0.1, 0.15) is 6.04 Å². The van der Waals surface area contributed by atoms with Gasteiger partial charge in [-0.2, -0.15) is 0 Å². The molecule has 0 aliphatic heterocycles. The Morgan fingerprint density at radius 3 is 2.03 bits per heavy atom. The van der Waals surface area contributed by atoms with Crippen LogP contribution < -0.4 is 5.32 Å². The van der Waals surface area contributed by atoms with E-state index in [1.54, 1.807) is 29.2 Å². The zero-order valence-corrected chi connectivity index (χ0v) is 22.1. The van der Waals surface area contributed by atoms with Gasteiger partial charge in [-0.15, -0.1) is 0 Å². The average molecular weight is 527 g/mol. The number of carbonyl (C=O) groups excluding carboxylic acids is 2. The van der Waals surface area contributed by atoms with E-state index in [1.807, 2.05) is 68.4 Å². The molecule has 1 N–H and O–H groups in total.